The summed E-state index contributed by atoms with van der Waals surface area (Å²) in [7, 11) is 0. The third-order valence-electron chi connectivity index (χ3n) is 2.98. The van der Waals surface area contributed by atoms with Crippen LogP contribution in [0, 0.1) is 6.92 Å². The molecule has 0 radical (unpaired) electrons. The summed E-state index contributed by atoms with van der Waals surface area (Å²) in [5.74, 6) is 0.172. The Kier molecular flexibility index (Phi) is 5.14. The predicted octanol–water partition coefficient (Wildman–Crippen LogP) is 2.86. The van der Waals surface area contributed by atoms with Gasteiger partial charge < -0.3 is 9.84 Å². The molecule has 0 aromatic heterocycles. The molecule has 0 heterocycles. The highest BCUT2D eigenvalue weighted by Gasteiger charge is 2.04. The number of nitrogens with zero attached hydrogens (tertiary/aromatic N) is 1. The Bertz CT molecular complexity index is 679. The lowest BCUT2D eigenvalue weighted by molar-refractivity contribution is 0.0955. The van der Waals surface area contributed by atoms with Crippen LogP contribution in [0.25, 0.3) is 0 Å². The van der Waals surface area contributed by atoms with Gasteiger partial charge in [-0.25, -0.2) is 5.43 Å². The number of hydrogen-bond acceptors (Lipinski definition) is 4. The van der Waals surface area contributed by atoms with Crippen molar-refractivity contribution < 1.29 is 14.6 Å². The monoisotopic (exact) mass is 298 g/mol. The minimum atomic E-state index is -0.286. The molecule has 0 saturated heterocycles. The number of rotatable bonds is 5. The van der Waals surface area contributed by atoms with Crippen molar-refractivity contribution in [2.45, 2.75) is 13.8 Å². The Labute approximate surface area is 129 Å². The predicted molar refractivity (Wildman–Crippen MR) is 85.5 cm³/mol. The molecular weight excluding hydrogens is 280 g/mol. The van der Waals surface area contributed by atoms with Gasteiger partial charge in [-0.3, -0.25) is 4.79 Å². The number of carbonyl (C=O) groups excluding carboxylic acids is 1. The summed E-state index contributed by atoms with van der Waals surface area (Å²) in [6.45, 7) is 4.28. The van der Waals surface area contributed by atoms with Crippen molar-refractivity contribution in [3.63, 3.8) is 0 Å². The summed E-state index contributed by atoms with van der Waals surface area (Å²) >= 11 is 0. The zero-order valence-corrected chi connectivity index (χ0v) is 12.5. The number of phenolic OH excluding ortho intramolecular Hbond substituents is 1. The van der Waals surface area contributed by atoms with Gasteiger partial charge in [0.2, 0.25) is 0 Å². The Balaban J connectivity index is 1.98. The zero-order chi connectivity index (χ0) is 15.9. The smallest absolute Gasteiger partial charge is 0.271 e. The van der Waals surface area contributed by atoms with Crippen LogP contribution in [-0.2, 0) is 0 Å². The molecule has 0 bridgehead atoms. The summed E-state index contributed by atoms with van der Waals surface area (Å²) in [4.78, 5) is 11.9. The van der Waals surface area contributed by atoms with Gasteiger partial charge in [0.1, 0.15) is 0 Å². The molecule has 0 spiro atoms. The van der Waals surface area contributed by atoms with Crippen LogP contribution >= 0.6 is 0 Å². The molecule has 2 rings (SSSR count). The van der Waals surface area contributed by atoms with E-state index in [1.165, 1.54) is 12.3 Å². The van der Waals surface area contributed by atoms with Gasteiger partial charge in [-0.05, 0) is 49.7 Å². The normalized spacial score (nSPS) is 10.6. The average molecular weight is 298 g/mol. The first-order valence-corrected chi connectivity index (χ1v) is 6.96. The third-order valence-corrected chi connectivity index (χ3v) is 2.98. The van der Waals surface area contributed by atoms with Gasteiger partial charge in [0.15, 0.2) is 11.5 Å². The van der Waals surface area contributed by atoms with Gasteiger partial charge in [0.05, 0.1) is 12.8 Å². The van der Waals surface area contributed by atoms with E-state index in [1.54, 1.807) is 24.3 Å². The Morgan fingerprint density at radius 1 is 1.27 bits per heavy atom. The van der Waals surface area contributed by atoms with Gasteiger partial charge in [0.25, 0.3) is 5.91 Å². The first-order chi connectivity index (χ1) is 10.6. The van der Waals surface area contributed by atoms with Crippen LogP contribution in [-0.4, -0.2) is 23.8 Å². The molecule has 0 saturated carbocycles. The lowest BCUT2D eigenvalue weighted by Crippen LogP contribution is -2.17. The van der Waals surface area contributed by atoms with Crippen molar-refractivity contribution in [1.29, 1.82) is 0 Å². The average Bonchev–Trinajstić information content (AvgIpc) is 2.50. The number of amides is 1. The van der Waals surface area contributed by atoms with E-state index < -0.39 is 0 Å². The van der Waals surface area contributed by atoms with Gasteiger partial charge >= 0.3 is 0 Å². The van der Waals surface area contributed by atoms with Crippen LogP contribution < -0.4 is 10.2 Å². The number of aryl methyl sites for hydroxylation is 1. The van der Waals surface area contributed by atoms with E-state index in [9.17, 15) is 9.90 Å². The number of hydrazone groups is 1. The number of benzene rings is 2. The van der Waals surface area contributed by atoms with E-state index in [0.29, 0.717) is 23.5 Å². The molecule has 5 nitrogen and oxygen atoms in total. The molecule has 0 atom stereocenters. The van der Waals surface area contributed by atoms with Gasteiger partial charge in [0, 0.05) is 5.56 Å². The summed E-state index contributed by atoms with van der Waals surface area (Å²) in [6, 6.07) is 12.1. The minimum Gasteiger partial charge on any atom is -0.504 e. The van der Waals surface area contributed by atoms with E-state index >= 15 is 0 Å². The number of nitrogens with one attached hydrogen (secondary N) is 1. The standard InChI is InChI=1S/C17H18N2O3/c1-3-22-16-9-6-13(10-15(16)20)11-18-19-17(21)14-7-4-12(2)5-8-14/h4-11,20H,3H2,1-2H3,(H,19,21). The lowest BCUT2D eigenvalue weighted by atomic mass is 10.1. The van der Waals surface area contributed by atoms with Crippen molar-refractivity contribution >= 4 is 12.1 Å². The largest absolute Gasteiger partial charge is 0.504 e. The van der Waals surface area contributed by atoms with E-state index in [4.69, 9.17) is 4.74 Å². The summed E-state index contributed by atoms with van der Waals surface area (Å²) in [5, 5.41) is 13.6. The van der Waals surface area contributed by atoms with Gasteiger partial charge in [-0.15, -0.1) is 0 Å². The highest BCUT2D eigenvalue weighted by molar-refractivity contribution is 5.94. The van der Waals surface area contributed by atoms with E-state index in [0.717, 1.165) is 5.56 Å². The number of aromatic hydroxyl groups is 1. The summed E-state index contributed by atoms with van der Waals surface area (Å²) < 4.78 is 5.24. The van der Waals surface area contributed by atoms with E-state index in [1.807, 2.05) is 26.0 Å². The maximum atomic E-state index is 11.9. The highest BCUT2D eigenvalue weighted by Crippen LogP contribution is 2.25. The maximum Gasteiger partial charge on any atom is 0.271 e. The molecule has 0 fully saturated rings. The second-order valence-electron chi connectivity index (χ2n) is 4.73. The molecule has 1 amide bonds. The Hall–Kier alpha value is -2.82. The van der Waals surface area contributed by atoms with Crippen molar-refractivity contribution in [3.05, 3.63) is 59.2 Å². The van der Waals surface area contributed by atoms with Crippen molar-refractivity contribution in [2.75, 3.05) is 6.61 Å². The van der Waals surface area contributed by atoms with Crippen LogP contribution in [0.4, 0.5) is 0 Å². The number of phenols is 1. The topological polar surface area (TPSA) is 70.9 Å². The molecule has 2 N–H and O–H groups in total. The second kappa shape index (κ2) is 7.26. The molecule has 0 aliphatic heterocycles. The quantitative estimate of drug-likeness (QED) is 0.658. The first kappa shape index (κ1) is 15.6. The zero-order valence-electron chi connectivity index (χ0n) is 12.5. The van der Waals surface area contributed by atoms with Crippen LogP contribution in [0.2, 0.25) is 0 Å². The minimum absolute atomic E-state index is 0.0376. The van der Waals surface area contributed by atoms with Gasteiger partial charge in [-0.2, -0.15) is 5.10 Å². The third kappa shape index (κ3) is 4.09. The Morgan fingerprint density at radius 3 is 2.64 bits per heavy atom. The summed E-state index contributed by atoms with van der Waals surface area (Å²) in [6.07, 6.45) is 1.46. The van der Waals surface area contributed by atoms with Crippen LogP contribution in [0.3, 0.4) is 0 Å². The molecule has 0 aliphatic carbocycles. The number of hydrogen-bond donors (Lipinski definition) is 2. The lowest BCUT2D eigenvalue weighted by Gasteiger charge is -2.05. The van der Waals surface area contributed by atoms with Crippen molar-refractivity contribution in [2.24, 2.45) is 5.10 Å². The SMILES string of the molecule is CCOc1ccc(C=NNC(=O)c2ccc(C)cc2)cc1O. The van der Waals surface area contributed by atoms with E-state index in [2.05, 4.69) is 10.5 Å². The number of carbonyl (C=O) groups is 1. The fraction of sp³-hybridized carbons (Fsp3) is 0.176. The molecule has 0 aliphatic rings. The Morgan fingerprint density at radius 2 is 2.00 bits per heavy atom. The molecule has 22 heavy (non-hydrogen) atoms. The van der Waals surface area contributed by atoms with Crippen molar-refractivity contribution in [1.82, 2.24) is 5.43 Å². The fourth-order valence-electron chi connectivity index (χ4n) is 1.83. The van der Waals surface area contributed by atoms with Crippen LogP contribution in [0.5, 0.6) is 11.5 Å². The fourth-order valence-corrected chi connectivity index (χ4v) is 1.83. The molecule has 5 heteroatoms. The van der Waals surface area contributed by atoms with E-state index in [-0.39, 0.29) is 11.7 Å². The molecule has 0 unspecified atom stereocenters. The molecule has 2 aromatic rings. The molecule has 2 aromatic carbocycles. The first-order valence-electron chi connectivity index (χ1n) is 6.96. The van der Waals surface area contributed by atoms with Gasteiger partial charge in [-0.1, -0.05) is 17.7 Å². The second-order valence-corrected chi connectivity index (χ2v) is 4.73. The molecule has 114 valence electrons. The summed E-state index contributed by atoms with van der Waals surface area (Å²) in [5.41, 5.74) is 4.73. The van der Waals surface area contributed by atoms with Crippen LogP contribution in [0.15, 0.2) is 47.6 Å². The van der Waals surface area contributed by atoms with Crippen LogP contribution in [0.1, 0.15) is 28.4 Å². The maximum absolute atomic E-state index is 11.9. The number of ether oxygens (including phenoxy) is 1. The highest BCUT2D eigenvalue weighted by atomic mass is 16.5. The van der Waals surface area contributed by atoms with Crippen molar-refractivity contribution in [3.8, 4) is 11.5 Å². The molecular formula is C17H18N2O3.